The van der Waals surface area contributed by atoms with E-state index in [0.717, 1.165) is 21.3 Å². The first kappa shape index (κ1) is 17.0. The first-order chi connectivity index (χ1) is 12.5. The Bertz CT molecular complexity index is 1190. The number of sulfonamides is 1. The van der Waals surface area contributed by atoms with Crippen LogP contribution in [0.1, 0.15) is 0 Å². The molecule has 130 valence electrons. The number of thiazole rings is 1. The standard InChI is InChI=1S/C18H12ClN3O2S2/c19-18-16(22-26(23,24)14-4-2-1-3-5-14)9-13(10-20-18)12-6-7-17-15(8-12)21-11-25-17/h1-11,22H. The van der Waals surface area contributed by atoms with E-state index in [0.29, 0.717) is 0 Å². The number of hydrogen-bond acceptors (Lipinski definition) is 5. The summed E-state index contributed by atoms with van der Waals surface area (Å²) in [7, 11) is -3.75. The predicted octanol–water partition coefficient (Wildman–Crippen LogP) is 4.81. The molecular formula is C18H12ClN3O2S2. The van der Waals surface area contributed by atoms with Gasteiger partial charge in [0.15, 0.2) is 5.15 Å². The van der Waals surface area contributed by atoms with Crippen molar-refractivity contribution in [1.82, 2.24) is 9.97 Å². The van der Waals surface area contributed by atoms with Gasteiger partial charge in [0.25, 0.3) is 10.0 Å². The van der Waals surface area contributed by atoms with Crippen LogP contribution in [0.15, 0.2) is 71.2 Å². The van der Waals surface area contributed by atoms with Gasteiger partial charge in [0.1, 0.15) is 0 Å². The summed E-state index contributed by atoms with van der Waals surface area (Å²) in [6, 6.07) is 15.6. The maximum atomic E-state index is 12.5. The lowest BCUT2D eigenvalue weighted by atomic mass is 10.1. The number of benzene rings is 2. The fourth-order valence-corrected chi connectivity index (χ4v) is 4.46. The van der Waals surface area contributed by atoms with Gasteiger partial charge in [-0.15, -0.1) is 11.3 Å². The van der Waals surface area contributed by atoms with Crippen LogP contribution < -0.4 is 4.72 Å². The molecule has 2 aromatic heterocycles. The van der Waals surface area contributed by atoms with E-state index in [-0.39, 0.29) is 15.7 Å². The zero-order valence-corrected chi connectivity index (χ0v) is 15.6. The highest BCUT2D eigenvalue weighted by Crippen LogP contribution is 2.30. The van der Waals surface area contributed by atoms with E-state index in [9.17, 15) is 8.42 Å². The molecular weight excluding hydrogens is 390 g/mol. The van der Waals surface area contributed by atoms with Gasteiger partial charge in [-0.3, -0.25) is 4.72 Å². The summed E-state index contributed by atoms with van der Waals surface area (Å²) < 4.78 is 28.7. The van der Waals surface area contributed by atoms with E-state index in [1.807, 2.05) is 18.2 Å². The van der Waals surface area contributed by atoms with E-state index in [4.69, 9.17) is 11.6 Å². The molecule has 0 unspecified atom stereocenters. The van der Waals surface area contributed by atoms with Crippen LogP contribution >= 0.6 is 22.9 Å². The average Bonchev–Trinajstić information content (AvgIpc) is 3.12. The van der Waals surface area contributed by atoms with Crippen LogP contribution in [-0.2, 0) is 10.0 Å². The van der Waals surface area contributed by atoms with Crippen LogP contribution in [0.4, 0.5) is 5.69 Å². The van der Waals surface area contributed by atoms with Crippen molar-refractivity contribution >= 4 is 48.9 Å². The number of rotatable bonds is 4. The van der Waals surface area contributed by atoms with Crippen LogP contribution in [0, 0.1) is 0 Å². The third kappa shape index (κ3) is 3.29. The highest BCUT2D eigenvalue weighted by atomic mass is 35.5. The largest absolute Gasteiger partial charge is 0.276 e. The first-order valence-corrected chi connectivity index (χ1v) is 10.3. The lowest BCUT2D eigenvalue weighted by Gasteiger charge is -2.11. The molecule has 0 aliphatic carbocycles. The van der Waals surface area contributed by atoms with Gasteiger partial charge in [-0.25, -0.2) is 18.4 Å². The van der Waals surface area contributed by atoms with Crippen molar-refractivity contribution in [3.63, 3.8) is 0 Å². The molecule has 0 aliphatic rings. The fourth-order valence-electron chi connectivity index (χ4n) is 2.52. The number of nitrogens with zero attached hydrogens (tertiary/aromatic N) is 2. The molecule has 0 saturated carbocycles. The summed E-state index contributed by atoms with van der Waals surface area (Å²) in [4.78, 5) is 8.58. The minimum atomic E-state index is -3.75. The van der Waals surface area contributed by atoms with Gasteiger partial charge < -0.3 is 0 Å². The summed E-state index contributed by atoms with van der Waals surface area (Å²) in [5.74, 6) is 0. The van der Waals surface area contributed by atoms with E-state index >= 15 is 0 Å². The molecule has 2 heterocycles. The van der Waals surface area contributed by atoms with Crippen LogP contribution in [0.5, 0.6) is 0 Å². The number of aromatic nitrogens is 2. The molecule has 1 N–H and O–H groups in total. The number of pyridine rings is 1. The topological polar surface area (TPSA) is 72.0 Å². The smallest absolute Gasteiger partial charge is 0.261 e. The van der Waals surface area contributed by atoms with Crippen molar-refractivity contribution in [2.24, 2.45) is 0 Å². The molecule has 26 heavy (non-hydrogen) atoms. The summed E-state index contributed by atoms with van der Waals surface area (Å²) in [5.41, 5.74) is 4.52. The number of nitrogens with one attached hydrogen (secondary N) is 1. The zero-order valence-electron chi connectivity index (χ0n) is 13.3. The van der Waals surface area contributed by atoms with Crippen LogP contribution in [0.25, 0.3) is 21.3 Å². The molecule has 0 spiro atoms. The molecule has 8 heteroatoms. The molecule has 0 amide bonds. The maximum absolute atomic E-state index is 12.5. The van der Waals surface area contributed by atoms with Crippen molar-refractivity contribution in [1.29, 1.82) is 0 Å². The molecule has 2 aromatic carbocycles. The molecule has 4 rings (SSSR count). The minimum absolute atomic E-state index is 0.0861. The Hall–Kier alpha value is -2.48. The predicted molar refractivity (Wildman–Crippen MR) is 105 cm³/mol. The zero-order chi connectivity index (χ0) is 18.1. The monoisotopic (exact) mass is 401 g/mol. The second kappa shape index (κ2) is 6.68. The Morgan fingerprint density at radius 1 is 0.962 bits per heavy atom. The molecule has 0 fully saturated rings. The molecule has 0 bridgehead atoms. The number of anilines is 1. The second-order valence-electron chi connectivity index (χ2n) is 5.52. The van der Waals surface area contributed by atoms with E-state index in [2.05, 4.69) is 14.7 Å². The third-order valence-corrected chi connectivity index (χ3v) is 6.29. The SMILES string of the molecule is O=S(=O)(Nc1cc(-c2ccc3scnc3c2)cnc1Cl)c1ccccc1. The van der Waals surface area contributed by atoms with Crippen LogP contribution in [0.3, 0.4) is 0 Å². The van der Waals surface area contributed by atoms with Crippen molar-refractivity contribution in [2.75, 3.05) is 4.72 Å². The molecule has 0 radical (unpaired) electrons. The average molecular weight is 402 g/mol. The van der Waals surface area contributed by atoms with Gasteiger partial charge in [-0.1, -0.05) is 35.9 Å². The Kier molecular flexibility index (Phi) is 4.36. The summed E-state index contributed by atoms with van der Waals surface area (Å²) in [6.07, 6.45) is 1.61. The summed E-state index contributed by atoms with van der Waals surface area (Å²) in [6.45, 7) is 0. The van der Waals surface area contributed by atoms with Crippen LogP contribution in [0.2, 0.25) is 5.15 Å². The van der Waals surface area contributed by atoms with Gasteiger partial charge >= 0.3 is 0 Å². The van der Waals surface area contributed by atoms with Gasteiger partial charge in [0, 0.05) is 11.8 Å². The van der Waals surface area contributed by atoms with Gasteiger partial charge in [-0.2, -0.15) is 0 Å². The Labute approximate surface area is 159 Å². The van der Waals surface area contributed by atoms with Crippen molar-refractivity contribution in [3.8, 4) is 11.1 Å². The Balaban J connectivity index is 1.72. The van der Waals surface area contributed by atoms with Gasteiger partial charge in [0.2, 0.25) is 0 Å². The fraction of sp³-hybridized carbons (Fsp3) is 0. The normalized spacial score (nSPS) is 11.6. The molecule has 0 saturated heterocycles. The van der Waals surface area contributed by atoms with Crippen LogP contribution in [-0.4, -0.2) is 18.4 Å². The maximum Gasteiger partial charge on any atom is 0.261 e. The van der Waals surface area contributed by atoms with Crippen molar-refractivity contribution in [2.45, 2.75) is 4.90 Å². The minimum Gasteiger partial charge on any atom is -0.276 e. The Morgan fingerprint density at radius 2 is 1.77 bits per heavy atom. The quantitative estimate of drug-likeness (QED) is 0.498. The summed E-state index contributed by atoms with van der Waals surface area (Å²) in [5, 5.41) is 0.0861. The Morgan fingerprint density at radius 3 is 2.58 bits per heavy atom. The lowest BCUT2D eigenvalue weighted by Crippen LogP contribution is -2.13. The van der Waals surface area contributed by atoms with Crippen molar-refractivity contribution < 1.29 is 8.42 Å². The first-order valence-electron chi connectivity index (χ1n) is 7.60. The van der Waals surface area contributed by atoms with E-state index < -0.39 is 10.0 Å². The molecule has 0 aliphatic heterocycles. The number of hydrogen-bond donors (Lipinski definition) is 1. The van der Waals surface area contributed by atoms with Gasteiger partial charge in [0.05, 0.1) is 26.3 Å². The van der Waals surface area contributed by atoms with Crippen molar-refractivity contribution in [3.05, 3.63) is 71.5 Å². The molecule has 5 nitrogen and oxygen atoms in total. The number of fused-ring (bicyclic) bond motifs is 1. The summed E-state index contributed by atoms with van der Waals surface area (Å²) >= 11 is 7.67. The van der Waals surface area contributed by atoms with Gasteiger partial charge in [-0.05, 0) is 35.9 Å². The highest BCUT2D eigenvalue weighted by Gasteiger charge is 2.16. The molecule has 4 aromatic rings. The van der Waals surface area contributed by atoms with E-state index in [1.54, 1.807) is 47.3 Å². The lowest BCUT2D eigenvalue weighted by molar-refractivity contribution is 0.601. The number of halogens is 1. The third-order valence-electron chi connectivity index (χ3n) is 3.80. The second-order valence-corrected chi connectivity index (χ2v) is 8.44. The van der Waals surface area contributed by atoms with E-state index in [1.165, 1.54) is 12.1 Å². The highest BCUT2D eigenvalue weighted by molar-refractivity contribution is 7.92. The molecule has 0 atom stereocenters.